The van der Waals surface area contributed by atoms with Crippen molar-refractivity contribution in [2.75, 3.05) is 31.1 Å². The second kappa shape index (κ2) is 10.2. The number of hydrogen-bond donors (Lipinski definition) is 1. The van der Waals surface area contributed by atoms with Gasteiger partial charge in [-0.2, -0.15) is 0 Å². The monoisotopic (exact) mass is 531 g/mol. The SMILES string of the molecule is Cc1ccc(Cl)cc1N1CCN([C@H](c2cc3ccc(C)c(C)c3[nH]c2=O)c2nnnn2C2CCCC2)CC1. The Morgan fingerprint density at radius 1 is 0.974 bits per heavy atom. The zero-order valence-electron chi connectivity index (χ0n) is 22.2. The van der Waals surface area contributed by atoms with Gasteiger partial charge in [0.25, 0.3) is 5.56 Å². The van der Waals surface area contributed by atoms with E-state index in [1.54, 1.807) is 0 Å². The Labute approximate surface area is 227 Å². The first-order valence-electron chi connectivity index (χ1n) is 13.6. The molecule has 0 amide bonds. The summed E-state index contributed by atoms with van der Waals surface area (Å²) in [6.45, 7) is 9.45. The number of H-pyrrole nitrogens is 1. The molecule has 1 saturated heterocycles. The van der Waals surface area contributed by atoms with E-state index in [9.17, 15) is 4.79 Å². The van der Waals surface area contributed by atoms with Crippen LogP contribution in [0.25, 0.3) is 10.9 Å². The van der Waals surface area contributed by atoms with Crippen LogP contribution >= 0.6 is 11.6 Å². The van der Waals surface area contributed by atoms with Gasteiger partial charge in [-0.25, -0.2) is 4.68 Å². The quantitative estimate of drug-likeness (QED) is 0.385. The van der Waals surface area contributed by atoms with Gasteiger partial charge in [-0.1, -0.05) is 42.6 Å². The molecule has 0 radical (unpaired) electrons. The maximum atomic E-state index is 13.7. The van der Waals surface area contributed by atoms with Crippen molar-refractivity contribution in [2.24, 2.45) is 0 Å². The highest BCUT2D eigenvalue weighted by molar-refractivity contribution is 6.30. The van der Waals surface area contributed by atoms with Crippen molar-refractivity contribution in [1.82, 2.24) is 30.1 Å². The lowest BCUT2D eigenvalue weighted by molar-refractivity contribution is 0.197. The summed E-state index contributed by atoms with van der Waals surface area (Å²) in [6.07, 6.45) is 4.50. The Bertz CT molecular complexity index is 1530. The van der Waals surface area contributed by atoms with E-state index >= 15 is 0 Å². The summed E-state index contributed by atoms with van der Waals surface area (Å²) < 4.78 is 2.00. The molecule has 6 rings (SSSR count). The number of aromatic amines is 1. The summed E-state index contributed by atoms with van der Waals surface area (Å²) >= 11 is 6.33. The average molecular weight is 532 g/mol. The smallest absolute Gasteiger partial charge is 0.253 e. The number of aryl methyl sites for hydroxylation is 3. The molecule has 2 aromatic heterocycles. The topological polar surface area (TPSA) is 82.9 Å². The molecule has 4 aromatic rings. The van der Waals surface area contributed by atoms with Gasteiger partial charge >= 0.3 is 0 Å². The molecule has 0 spiro atoms. The van der Waals surface area contributed by atoms with Gasteiger partial charge in [-0.15, -0.1) is 5.10 Å². The zero-order valence-corrected chi connectivity index (χ0v) is 23.0. The number of aromatic nitrogens is 5. The van der Waals surface area contributed by atoms with Crippen molar-refractivity contribution in [3.05, 3.63) is 79.9 Å². The Balaban J connectivity index is 1.40. The van der Waals surface area contributed by atoms with Gasteiger partial charge in [0.2, 0.25) is 0 Å². The largest absolute Gasteiger partial charge is 0.369 e. The van der Waals surface area contributed by atoms with Gasteiger partial charge in [-0.05, 0) is 84.3 Å². The Kier molecular flexibility index (Phi) is 6.70. The molecule has 3 heterocycles. The van der Waals surface area contributed by atoms with Crippen LogP contribution in [0.3, 0.4) is 0 Å². The van der Waals surface area contributed by atoms with E-state index in [-0.39, 0.29) is 17.6 Å². The van der Waals surface area contributed by atoms with Crippen molar-refractivity contribution in [2.45, 2.75) is 58.5 Å². The lowest BCUT2D eigenvalue weighted by Crippen LogP contribution is -2.49. The molecule has 38 heavy (non-hydrogen) atoms. The Hall–Kier alpha value is -3.23. The molecule has 0 bridgehead atoms. The van der Waals surface area contributed by atoms with Crippen LogP contribution in [-0.4, -0.2) is 56.3 Å². The van der Waals surface area contributed by atoms with Crippen LogP contribution in [0.1, 0.15) is 65.8 Å². The fraction of sp³-hybridized carbons (Fsp3) is 0.448. The summed E-state index contributed by atoms with van der Waals surface area (Å²) in [5.74, 6) is 0.762. The van der Waals surface area contributed by atoms with Crippen molar-refractivity contribution in [1.29, 1.82) is 0 Å². The van der Waals surface area contributed by atoms with E-state index in [0.717, 1.165) is 71.9 Å². The van der Waals surface area contributed by atoms with Crippen LogP contribution in [0.4, 0.5) is 5.69 Å². The van der Waals surface area contributed by atoms with Crippen LogP contribution in [0.2, 0.25) is 5.02 Å². The standard InChI is InChI=1S/C29H34ClN7O/c1-18-8-10-21-16-24(29(38)31-26(21)20(18)3)27(28-32-33-34-37(28)23-6-4-5-7-23)36-14-12-35(13-15-36)25-17-22(30)11-9-19(25)2/h8-11,16-17,23,27H,4-7,12-15H2,1-3H3,(H,31,38)/t27-/m1/s1. The summed E-state index contributed by atoms with van der Waals surface area (Å²) in [4.78, 5) is 21.6. The van der Waals surface area contributed by atoms with Crippen LogP contribution in [0.15, 0.2) is 41.2 Å². The molecule has 198 valence electrons. The van der Waals surface area contributed by atoms with Gasteiger partial charge in [-0.3, -0.25) is 9.69 Å². The highest BCUT2D eigenvalue weighted by atomic mass is 35.5. The summed E-state index contributed by atoms with van der Waals surface area (Å²) in [5.41, 5.74) is 6.15. The number of tetrazole rings is 1. The predicted octanol–water partition coefficient (Wildman–Crippen LogP) is 5.12. The number of nitrogens with zero attached hydrogens (tertiary/aromatic N) is 6. The highest BCUT2D eigenvalue weighted by Crippen LogP contribution is 2.35. The Morgan fingerprint density at radius 3 is 2.47 bits per heavy atom. The molecule has 1 saturated carbocycles. The number of anilines is 1. The fourth-order valence-electron chi connectivity index (χ4n) is 6.18. The normalized spacial score (nSPS) is 17.9. The molecule has 8 nitrogen and oxygen atoms in total. The van der Waals surface area contributed by atoms with Gasteiger partial charge < -0.3 is 9.88 Å². The molecular formula is C29H34ClN7O. The summed E-state index contributed by atoms with van der Waals surface area (Å²) in [6, 6.07) is 12.3. The molecule has 1 atom stereocenters. The lowest BCUT2D eigenvalue weighted by atomic mass is 9.99. The van der Waals surface area contributed by atoms with E-state index in [1.807, 2.05) is 22.9 Å². The molecule has 0 unspecified atom stereocenters. The molecule has 1 aliphatic heterocycles. The second-order valence-electron chi connectivity index (χ2n) is 10.8. The van der Waals surface area contributed by atoms with Gasteiger partial charge in [0.1, 0.15) is 6.04 Å². The zero-order chi connectivity index (χ0) is 26.4. The number of nitrogens with one attached hydrogen (secondary N) is 1. The van der Waals surface area contributed by atoms with Crippen molar-refractivity contribution in [3.8, 4) is 0 Å². The van der Waals surface area contributed by atoms with Crippen molar-refractivity contribution >= 4 is 28.2 Å². The molecule has 9 heteroatoms. The molecule has 1 N–H and O–H groups in total. The van der Waals surface area contributed by atoms with Crippen molar-refractivity contribution in [3.63, 3.8) is 0 Å². The van der Waals surface area contributed by atoms with Gasteiger partial charge in [0.05, 0.1) is 11.6 Å². The summed E-state index contributed by atoms with van der Waals surface area (Å²) in [5, 5.41) is 14.9. The third-order valence-corrected chi connectivity index (χ3v) is 8.73. The van der Waals surface area contributed by atoms with Gasteiger partial charge in [0.15, 0.2) is 5.82 Å². The highest BCUT2D eigenvalue weighted by Gasteiger charge is 2.35. The first-order chi connectivity index (χ1) is 18.4. The minimum Gasteiger partial charge on any atom is -0.369 e. The number of pyridine rings is 1. The van der Waals surface area contributed by atoms with E-state index in [0.29, 0.717) is 5.56 Å². The van der Waals surface area contributed by atoms with E-state index < -0.39 is 0 Å². The number of rotatable bonds is 5. The number of halogens is 1. The second-order valence-corrected chi connectivity index (χ2v) is 11.2. The molecule has 1 aliphatic carbocycles. The fourth-order valence-corrected chi connectivity index (χ4v) is 6.34. The molecular weight excluding hydrogens is 498 g/mol. The summed E-state index contributed by atoms with van der Waals surface area (Å²) in [7, 11) is 0. The number of hydrogen-bond acceptors (Lipinski definition) is 6. The maximum absolute atomic E-state index is 13.7. The van der Waals surface area contributed by atoms with Crippen LogP contribution in [-0.2, 0) is 0 Å². The first-order valence-corrected chi connectivity index (χ1v) is 13.9. The lowest BCUT2D eigenvalue weighted by Gasteiger charge is -2.40. The third kappa shape index (κ3) is 4.50. The van der Waals surface area contributed by atoms with Crippen LogP contribution in [0.5, 0.6) is 0 Å². The molecule has 2 fully saturated rings. The first kappa shape index (κ1) is 25.1. The van der Waals surface area contributed by atoms with Crippen molar-refractivity contribution < 1.29 is 0 Å². The maximum Gasteiger partial charge on any atom is 0.253 e. The number of fused-ring (bicyclic) bond motifs is 1. The van der Waals surface area contributed by atoms with E-state index in [4.69, 9.17) is 11.6 Å². The van der Waals surface area contributed by atoms with Gasteiger partial charge in [0, 0.05) is 42.5 Å². The number of benzene rings is 2. The van der Waals surface area contributed by atoms with E-state index in [2.05, 4.69) is 69.3 Å². The van der Waals surface area contributed by atoms with Crippen LogP contribution in [0, 0.1) is 20.8 Å². The van der Waals surface area contributed by atoms with Crippen LogP contribution < -0.4 is 10.5 Å². The molecule has 2 aliphatic rings. The minimum atomic E-state index is -0.331. The Morgan fingerprint density at radius 2 is 1.71 bits per heavy atom. The average Bonchev–Trinajstić information content (AvgIpc) is 3.62. The predicted molar refractivity (Wildman–Crippen MR) is 151 cm³/mol. The third-order valence-electron chi connectivity index (χ3n) is 8.50. The number of piperazine rings is 1. The minimum absolute atomic E-state index is 0.0784. The molecule has 2 aromatic carbocycles. The van der Waals surface area contributed by atoms with E-state index in [1.165, 1.54) is 24.1 Å².